The maximum absolute atomic E-state index is 12.5. The van der Waals surface area contributed by atoms with E-state index in [1.54, 1.807) is 30.5 Å². The Kier molecular flexibility index (Phi) is 3.42. The molecule has 5 heteroatoms. The Morgan fingerprint density at radius 3 is 2.43 bits per heavy atom. The van der Waals surface area contributed by atoms with Crippen molar-refractivity contribution in [3.63, 3.8) is 0 Å². The number of pyridine rings is 1. The van der Waals surface area contributed by atoms with Crippen molar-refractivity contribution in [3.05, 3.63) is 65.5 Å². The van der Waals surface area contributed by atoms with Crippen LogP contribution in [-0.4, -0.2) is 39.8 Å². The van der Waals surface area contributed by atoms with E-state index in [0.717, 1.165) is 24.9 Å². The fraction of sp³-hybridized carbons (Fsp3) is 0.278. The maximum Gasteiger partial charge on any atom is 0.262 e. The average Bonchev–Trinajstić information content (AvgIpc) is 3.15. The molecule has 2 amide bonds. The molecular weight excluding hydrogens is 290 g/mol. The number of rotatable bonds is 3. The molecule has 5 nitrogen and oxygen atoms in total. The highest BCUT2D eigenvalue weighted by atomic mass is 16.2. The third-order valence-corrected chi connectivity index (χ3v) is 4.63. The summed E-state index contributed by atoms with van der Waals surface area (Å²) in [7, 11) is 0. The Hall–Kier alpha value is -2.53. The normalized spacial score (nSPS) is 21.0. The van der Waals surface area contributed by atoms with Crippen LogP contribution in [0.3, 0.4) is 0 Å². The molecule has 1 aromatic heterocycles. The van der Waals surface area contributed by atoms with Gasteiger partial charge < -0.3 is 0 Å². The van der Waals surface area contributed by atoms with E-state index in [2.05, 4.69) is 16.0 Å². The predicted octanol–water partition coefficient (Wildman–Crippen LogP) is 2.47. The average molecular weight is 307 g/mol. The van der Waals surface area contributed by atoms with Gasteiger partial charge in [0.25, 0.3) is 11.8 Å². The number of hydrogen-bond acceptors (Lipinski definition) is 4. The molecule has 2 aromatic rings. The van der Waals surface area contributed by atoms with Crippen LogP contribution in [0.15, 0.2) is 48.8 Å². The predicted molar refractivity (Wildman–Crippen MR) is 84.7 cm³/mol. The van der Waals surface area contributed by atoms with Crippen LogP contribution in [0.1, 0.15) is 45.2 Å². The highest BCUT2D eigenvalue weighted by Gasteiger charge is 2.38. The summed E-state index contributed by atoms with van der Waals surface area (Å²) < 4.78 is 0. The van der Waals surface area contributed by atoms with E-state index >= 15 is 0 Å². The summed E-state index contributed by atoms with van der Waals surface area (Å²) in [5.74, 6) is -0.384. The number of carbonyl (C=O) groups excluding carboxylic acids is 2. The van der Waals surface area contributed by atoms with Gasteiger partial charge in [0.1, 0.15) is 0 Å². The summed E-state index contributed by atoms with van der Waals surface area (Å²) in [4.78, 5) is 32.7. The van der Waals surface area contributed by atoms with Crippen molar-refractivity contribution >= 4 is 11.8 Å². The van der Waals surface area contributed by atoms with Gasteiger partial charge in [-0.25, -0.2) is 0 Å². The zero-order valence-corrected chi connectivity index (χ0v) is 12.7. The number of likely N-dealkylation sites (tertiary alicyclic amines) is 1. The van der Waals surface area contributed by atoms with Crippen LogP contribution in [-0.2, 0) is 0 Å². The van der Waals surface area contributed by atoms with E-state index in [1.807, 2.05) is 12.3 Å². The molecule has 4 rings (SSSR count). The third kappa shape index (κ3) is 2.33. The first-order valence-corrected chi connectivity index (χ1v) is 7.85. The third-order valence-electron chi connectivity index (χ3n) is 4.63. The minimum absolute atomic E-state index is 0.192. The molecule has 1 fully saturated rings. The zero-order chi connectivity index (χ0) is 15.8. The molecule has 23 heavy (non-hydrogen) atoms. The van der Waals surface area contributed by atoms with Crippen molar-refractivity contribution in [2.24, 2.45) is 0 Å². The quantitative estimate of drug-likeness (QED) is 0.818. The summed E-state index contributed by atoms with van der Waals surface area (Å²) in [5.41, 5.74) is 2.16. The first kappa shape index (κ1) is 14.1. The van der Waals surface area contributed by atoms with Crippen LogP contribution in [0.2, 0.25) is 0 Å². The van der Waals surface area contributed by atoms with Gasteiger partial charge in [-0.3, -0.25) is 24.4 Å². The van der Waals surface area contributed by atoms with Crippen molar-refractivity contribution in [1.29, 1.82) is 0 Å². The molecule has 0 N–H and O–H groups in total. The molecule has 2 aliphatic heterocycles. The molecule has 3 heterocycles. The number of benzene rings is 1. The SMILES string of the molecule is O=C1c2ccccc2C(=O)N1CN1CCC[C@H]1c1cccnc1. The second-order valence-electron chi connectivity index (χ2n) is 5.98. The number of carbonyl (C=O) groups is 2. The van der Waals surface area contributed by atoms with E-state index in [9.17, 15) is 9.59 Å². The van der Waals surface area contributed by atoms with Crippen molar-refractivity contribution < 1.29 is 9.59 Å². The number of fused-ring (bicyclic) bond motifs is 1. The Morgan fingerprint density at radius 2 is 1.78 bits per heavy atom. The molecule has 0 bridgehead atoms. The molecule has 0 saturated carbocycles. The molecule has 0 spiro atoms. The Bertz CT molecular complexity index is 725. The summed E-state index contributed by atoms with van der Waals surface area (Å²) >= 11 is 0. The zero-order valence-electron chi connectivity index (χ0n) is 12.7. The van der Waals surface area contributed by atoms with Gasteiger partial charge in [0.2, 0.25) is 0 Å². The second-order valence-corrected chi connectivity index (χ2v) is 5.98. The van der Waals surface area contributed by atoms with E-state index in [0.29, 0.717) is 17.8 Å². The number of nitrogens with zero attached hydrogens (tertiary/aromatic N) is 3. The Morgan fingerprint density at radius 1 is 1.04 bits per heavy atom. The van der Waals surface area contributed by atoms with Crippen molar-refractivity contribution in [1.82, 2.24) is 14.8 Å². The molecule has 0 aliphatic carbocycles. The number of aromatic nitrogens is 1. The van der Waals surface area contributed by atoms with Gasteiger partial charge in [-0.05, 0) is 36.6 Å². The minimum atomic E-state index is -0.192. The standard InChI is InChI=1S/C18H17N3O2/c22-17-14-6-1-2-7-15(14)18(23)21(17)12-20-10-4-8-16(20)13-5-3-9-19-11-13/h1-3,5-7,9,11,16H,4,8,10,12H2/t16-/m0/s1. The number of imide groups is 1. The highest BCUT2D eigenvalue weighted by Crippen LogP contribution is 2.33. The van der Waals surface area contributed by atoms with Gasteiger partial charge in [-0.2, -0.15) is 0 Å². The Labute approximate surface area is 134 Å². The number of hydrogen-bond donors (Lipinski definition) is 0. The fourth-order valence-electron chi connectivity index (χ4n) is 3.50. The molecule has 1 aromatic carbocycles. The molecule has 116 valence electrons. The van der Waals surface area contributed by atoms with Gasteiger partial charge in [-0.15, -0.1) is 0 Å². The van der Waals surface area contributed by atoms with Gasteiger partial charge in [0, 0.05) is 25.0 Å². The smallest absolute Gasteiger partial charge is 0.262 e. The first-order valence-electron chi connectivity index (χ1n) is 7.85. The van der Waals surface area contributed by atoms with Gasteiger partial charge in [0.05, 0.1) is 17.8 Å². The monoisotopic (exact) mass is 307 g/mol. The summed E-state index contributed by atoms with van der Waals surface area (Å²) in [5, 5.41) is 0. The largest absolute Gasteiger partial charge is 0.278 e. The topological polar surface area (TPSA) is 53.5 Å². The Balaban J connectivity index is 1.57. The van der Waals surface area contributed by atoms with Gasteiger partial charge in [0.15, 0.2) is 0 Å². The van der Waals surface area contributed by atoms with Crippen molar-refractivity contribution in [3.8, 4) is 0 Å². The molecule has 1 saturated heterocycles. The lowest BCUT2D eigenvalue weighted by atomic mass is 10.1. The van der Waals surface area contributed by atoms with E-state index < -0.39 is 0 Å². The number of amides is 2. The molecule has 0 unspecified atom stereocenters. The van der Waals surface area contributed by atoms with E-state index in [-0.39, 0.29) is 17.9 Å². The lowest BCUT2D eigenvalue weighted by Gasteiger charge is -2.28. The summed E-state index contributed by atoms with van der Waals surface area (Å²) in [6.07, 6.45) is 5.70. The summed E-state index contributed by atoms with van der Waals surface area (Å²) in [6, 6.07) is 11.2. The van der Waals surface area contributed by atoms with Crippen LogP contribution in [0.25, 0.3) is 0 Å². The maximum atomic E-state index is 12.5. The molecule has 2 aliphatic rings. The van der Waals surface area contributed by atoms with Gasteiger partial charge in [-0.1, -0.05) is 18.2 Å². The lowest BCUT2D eigenvalue weighted by Crippen LogP contribution is -2.40. The lowest BCUT2D eigenvalue weighted by molar-refractivity contribution is 0.0526. The second kappa shape index (κ2) is 5.59. The molecular formula is C18H17N3O2. The van der Waals surface area contributed by atoms with E-state index in [1.165, 1.54) is 4.90 Å². The van der Waals surface area contributed by atoms with Crippen LogP contribution < -0.4 is 0 Å². The first-order chi connectivity index (χ1) is 11.3. The van der Waals surface area contributed by atoms with Crippen LogP contribution in [0, 0.1) is 0 Å². The van der Waals surface area contributed by atoms with E-state index in [4.69, 9.17) is 0 Å². The van der Waals surface area contributed by atoms with Crippen LogP contribution in [0.4, 0.5) is 0 Å². The fourth-order valence-corrected chi connectivity index (χ4v) is 3.50. The van der Waals surface area contributed by atoms with Crippen LogP contribution >= 0.6 is 0 Å². The highest BCUT2D eigenvalue weighted by molar-refractivity contribution is 6.21. The van der Waals surface area contributed by atoms with Crippen LogP contribution in [0.5, 0.6) is 0 Å². The summed E-state index contributed by atoms with van der Waals surface area (Å²) in [6.45, 7) is 1.22. The van der Waals surface area contributed by atoms with Crippen molar-refractivity contribution in [2.75, 3.05) is 13.2 Å². The van der Waals surface area contributed by atoms with Gasteiger partial charge >= 0.3 is 0 Å². The minimum Gasteiger partial charge on any atom is -0.278 e. The molecule has 1 atom stereocenters. The molecule has 0 radical (unpaired) electrons. The van der Waals surface area contributed by atoms with Crippen molar-refractivity contribution in [2.45, 2.75) is 18.9 Å².